The molecule has 3 aromatic rings. The summed E-state index contributed by atoms with van der Waals surface area (Å²) in [5, 5.41) is 4.07. The molecule has 28 heavy (non-hydrogen) atoms. The van der Waals surface area contributed by atoms with Gasteiger partial charge in [-0.1, -0.05) is 24.3 Å². The minimum absolute atomic E-state index is 0.257. The highest BCUT2D eigenvalue weighted by molar-refractivity contribution is 7.10. The van der Waals surface area contributed by atoms with Crippen LogP contribution in [0.3, 0.4) is 0 Å². The van der Waals surface area contributed by atoms with Crippen molar-refractivity contribution < 1.29 is 19.1 Å². The van der Waals surface area contributed by atoms with Gasteiger partial charge in [0.15, 0.2) is 6.61 Å². The molecular weight excluding hydrogens is 374 g/mol. The predicted octanol–water partition coefficient (Wildman–Crippen LogP) is 4.12. The predicted molar refractivity (Wildman–Crippen MR) is 111 cm³/mol. The number of fused-ring (bicyclic) bond motifs is 1. The van der Waals surface area contributed by atoms with Crippen LogP contribution >= 0.6 is 11.3 Å². The highest BCUT2D eigenvalue weighted by Gasteiger charge is 2.12. The molecule has 5 nitrogen and oxygen atoms in total. The van der Waals surface area contributed by atoms with Crippen LogP contribution in [-0.4, -0.2) is 37.5 Å². The lowest BCUT2D eigenvalue weighted by Crippen LogP contribution is -2.30. The van der Waals surface area contributed by atoms with Gasteiger partial charge in [-0.25, -0.2) is 4.79 Å². The number of carbonyl (C=O) groups is 2. The van der Waals surface area contributed by atoms with Gasteiger partial charge in [0.1, 0.15) is 5.75 Å². The molecular formula is C22H21NO4S. The summed E-state index contributed by atoms with van der Waals surface area (Å²) in [5.41, 5.74) is 0.998. The number of carbonyl (C=O) groups excluding carboxylic acids is 2. The van der Waals surface area contributed by atoms with Gasteiger partial charge in [-0.15, -0.1) is 11.3 Å². The summed E-state index contributed by atoms with van der Waals surface area (Å²) in [5.74, 6) is 0.0185. The number of amides is 1. The molecule has 0 aliphatic heterocycles. The minimum Gasteiger partial charge on any atom is -0.497 e. The van der Waals surface area contributed by atoms with E-state index < -0.39 is 5.97 Å². The average molecular weight is 395 g/mol. The maximum Gasteiger partial charge on any atom is 0.331 e. The number of rotatable bonds is 7. The molecule has 0 aliphatic carbocycles. The van der Waals surface area contributed by atoms with Crippen LogP contribution in [0.5, 0.6) is 5.75 Å². The second-order valence-electron chi connectivity index (χ2n) is 6.25. The lowest BCUT2D eigenvalue weighted by Gasteiger charge is -2.17. The van der Waals surface area contributed by atoms with Crippen molar-refractivity contribution in [2.45, 2.75) is 6.54 Å². The average Bonchev–Trinajstić information content (AvgIpc) is 3.23. The van der Waals surface area contributed by atoms with Crippen molar-refractivity contribution in [3.63, 3.8) is 0 Å². The fourth-order valence-electron chi connectivity index (χ4n) is 2.69. The maximum absolute atomic E-state index is 12.2. The summed E-state index contributed by atoms with van der Waals surface area (Å²) < 4.78 is 10.3. The van der Waals surface area contributed by atoms with E-state index in [2.05, 4.69) is 0 Å². The Kier molecular flexibility index (Phi) is 6.45. The van der Waals surface area contributed by atoms with Gasteiger partial charge in [0.2, 0.25) is 0 Å². The van der Waals surface area contributed by atoms with E-state index in [4.69, 9.17) is 9.47 Å². The molecule has 0 saturated carbocycles. The van der Waals surface area contributed by atoms with E-state index in [1.165, 1.54) is 17.4 Å². The molecule has 0 bridgehead atoms. The number of methoxy groups -OCH3 is 1. The lowest BCUT2D eigenvalue weighted by atomic mass is 10.1. The van der Waals surface area contributed by atoms with Gasteiger partial charge in [-0.3, -0.25) is 4.79 Å². The highest BCUT2D eigenvalue weighted by Crippen LogP contribution is 2.22. The van der Waals surface area contributed by atoms with Crippen molar-refractivity contribution >= 4 is 40.1 Å². The monoisotopic (exact) mass is 395 g/mol. The summed E-state index contributed by atoms with van der Waals surface area (Å²) in [4.78, 5) is 26.5. The highest BCUT2D eigenvalue weighted by atomic mass is 32.1. The zero-order valence-corrected chi connectivity index (χ0v) is 16.6. The van der Waals surface area contributed by atoms with Crippen molar-refractivity contribution in [2.24, 2.45) is 0 Å². The van der Waals surface area contributed by atoms with E-state index in [0.29, 0.717) is 6.54 Å². The molecule has 0 saturated heterocycles. The zero-order valence-electron chi connectivity index (χ0n) is 15.8. The zero-order chi connectivity index (χ0) is 19.9. The van der Waals surface area contributed by atoms with Crippen LogP contribution in [0.2, 0.25) is 0 Å². The standard InChI is InChI=1S/C22H21NO4S/c1-23(21(24)15-27-22(25)10-9-20-4-3-11-28-20)14-16-5-6-18-13-19(26-2)8-7-17(18)12-16/h3-13H,14-15H2,1-2H3/b10-9+. The van der Waals surface area contributed by atoms with Crippen LogP contribution in [0.1, 0.15) is 10.4 Å². The minimum atomic E-state index is -0.533. The number of nitrogens with zero attached hydrogens (tertiary/aromatic N) is 1. The number of hydrogen-bond donors (Lipinski definition) is 0. The van der Waals surface area contributed by atoms with E-state index in [1.54, 1.807) is 25.1 Å². The van der Waals surface area contributed by atoms with Gasteiger partial charge in [0.25, 0.3) is 5.91 Å². The van der Waals surface area contributed by atoms with Gasteiger partial charge in [0, 0.05) is 24.5 Å². The molecule has 0 atom stereocenters. The topological polar surface area (TPSA) is 55.8 Å². The Hall–Kier alpha value is -3.12. The molecule has 0 N–H and O–H groups in total. The van der Waals surface area contributed by atoms with Crippen molar-refractivity contribution in [1.29, 1.82) is 0 Å². The fourth-order valence-corrected chi connectivity index (χ4v) is 3.31. The van der Waals surface area contributed by atoms with Crippen molar-refractivity contribution in [1.82, 2.24) is 4.90 Å². The van der Waals surface area contributed by atoms with Crippen LogP contribution in [0.25, 0.3) is 16.8 Å². The van der Waals surface area contributed by atoms with E-state index in [0.717, 1.165) is 27.0 Å². The molecule has 1 amide bonds. The quantitative estimate of drug-likeness (QED) is 0.446. The molecule has 2 aromatic carbocycles. The first kappa shape index (κ1) is 19.6. The van der Waals surface area contributed by atoms with Gasteiger partial charge < -0.3 is 14.4 Å². The smallest absolute Gasteiger partial charge is 0.331 e. The normalized spacial score (nSPS) is 10.9. The molecule has 0 spiro atoms. The first-order chi connectivity index (χ1) is 13.5. The van der Waals surface area contributed by atoms with E-state index in [9.17, 15) is 9.59 Å². The van der Waals surface area contributed by atoms with E-state index in [1.807, 2.05) is 53.9 Å². The Bertz CT molecular complexity index is 995. The summed E-state index contributed by atoms with van der Waals surface area (Å²) in [6, 6.07) is 15.7. The Morgan fingerprint density at radius 3 is 2.64 bits per heavy atom. The van der Waals surface area contributed by atoms with Gasteiger partial charge >= 0.3 is 5.97 Å². The summed E-state index contributed by atoms with van der Waals surface area (Å²) in [6.07, 6.45) is 3.00. The van der Waals surface area contributed by atoms with Crippen LogP contribution in [0.4, 0.5) is 0 Å². The summed E-state index contributed by atoms with van der Waals surface area (Å²) in [7, 11) is 3.33. The molecule has 1 heterocycles. The second kappa shape index (κ2) is 9.19. The first-order valence-electron chi connectivity index (χ1n) is 8.74. The SMILES string of the molecule is COc1ccc2cc(CN(C)C(=O)COC(=O)/C=C/c3cccs3)ccc2c1. The number of likely N-dealkylation sites (N-methyl/N-ethyl adjacent to an activating group) is 1. The number of hydrogen-bond acceptors (Lipinski definition) is 5. The Morgan fingerprint density at radius 1 is 1.11 bits per heavy atom. The number of esters is 1. The van der Waals surface area contributed by atoms with E-state index >= 15 is 0 Å². The molecule has 0 fully saturated rings. The van der Waals surface area contributed by atoms with Crippen LogP contribution in [0.15, 0.2) is 60.0 Å². The van der Waals surface area contributed by atoms with Crippen LogP contribution in [-0.2, 0) is 20.9 Å². The van der Waals surface area contributed by atoms with Gasteiger partial charge in [-0.2, -0.15) is 0 Å². The Morgan fingerprint density at radius 2 is 1.89 bits per heavy atom. The largest absolute Gasteiger partial charge is 0.497 e. The van der Waals surface area contributed by atoms with Crippen molar-refractivity contribution in [2.75, 3.05) is 20.8 Å². The molecule has 0 aliphatic rings. The third kappa shape index (κ3) is 5.20. The second-order valence-corrected chi connectivity index (χ2v) is 7.23. The van der Waals surface area contributed by atoms with Crippen LogP contribution < -0.4 is 4.74 Å². The van der Waals surface area contributed by atoms with Crippen molar-refractivity contribution in [3.8, 4) is 5.75 Å². The Labute approximate surface area is 167 Å². The maximum atomic E-state index is 12.2. The van der Waals surface area contributed by atoms with Gasteiger partial charge in [-0.05, 0) is 52.1 Å². The number of thiophene rings is 1. The molecule has 144 valence electrons. The van der Waals surface area contributed by atoms with Crippen molar-refractivity contribution in [3.05, 3.63) is 70.4 Å². The van der Waals surface area contributed by atoms with Crippen LogP contribution in [0, 0.1) is 0 Å². The number of ether oxygens (including phenoxy) is 2. The fraction of sp³-hybridized carbons (Fsp3) is 0.182. The molecule has 0 radical (unpaired) electrons. The summed E-state index contributed by atoms with van der Waals surface area (Å²) in [6.45, 7) is 0.151. The van der Waals surface area contributed by atoms with Gasteiger partial charge in [0.05, 0.1) is 7.11 Å². The first-order valence-corrected chi connectivity index (χ1v) is 9.62. The lowest BCUT2D eigenvalue weighted by molar-refractivity contribution is -0.147. The molecule has 3 rings (SSSR count). The molecule has 6 heteroatoms. The molecule has 0 unspecified atom stereocenters. The third-order valence-electron chi connectivity index (χ3n) is 4.22. The Balaban J connectivity index is 1.53. The summed E-state index contributed by atoms with van der Waals surface area (Å²) >= 11 is 1.52. The molecule has 1 aromatic heterocycles. The number of benzene rings is 2. The van der Waals surface area contributed by atoms with E-state index in [-0.39, 0.29) is 12.5 Å². The third-order valence-corrected chi connectivity index (χ3v) is 5.06.